The first kappa shape index (κ1) is 32.6. The molecule has 0 unspecified atom stereocenters. The van der Waals surface area contributed by atoms with E-state index in [4.69, 9.17) is 14.2 Å². The summed E-state index contributed by atoms with van der Waals surface area (Å²) < 4.78 is 17.1. The minimum Gasteiger partial charge on any atom is -0.493 e. The monoisotopic (exact) mass is 599 g/mol. The Balaban J connectivity index is 1.52. The first-order valence-corrected chi connectivity index (χ1v) is 15.4. The van der Waals surface area contributed by atoms with Gasteiger partial charge in [0.15, 0.2) is 11.6 Å². The van der Waals surface area contributed by atoms with E-state index in [1.807, 2.05) is 13.8 Å². The third-order valence-electron chi connectivity index (χ3n) is 8.27. The van der Waals surface area contributed by atoms with Crippen molar-refractivity contribution in [1.82, 2.24) is 15.5 Å². The zero-order valence-corrected chi connectivity index (χ0v) is 25.7. The Bertz CT molecular complexity index is 1200. The lowest BCUT2D eigenvalue weighted by Crippen LogP contribution is -2.52. The largest absolute Gasteiger partial charge is 0.493 e. The second-order valence-electron chi connectivity index (χ2n) is 12.5. The number of epoxide rings is 1. The van der Waals surface area contributed by atoms with Gasteiger partial charge in [0, 0.05) is 19.6 Å². The predicted octanol–water partition coefficient (Wildman–Crippen LogP) is 2.45. The van der Waals surface area contributed by atoms with Crippen LogP contribution in [0.2, 0.25) is 0 Å². The summed E-state index contributed by atoms with van der Waals surface area (Å²) in [5.74, 6) is -1.90. The van der Waals surface area contributed by atoms with Crippen molar-refractivity contribution >= 4 is 29.3 Å². The average Bonchev–Trinajstić information content (AvgIpc) is 3.53. The summed E-state index contributed by atoms with van der Waals surface area (Å²) in [6, 6.07) is 4.55. The van der Waals surface area contributed by atoms with E-state index in [-0.39, 0.29) is 36.4 Å². The van der Waals surface area contributed by atoms with Crippen molar-refractivity contribution in [1.29, 1.82) is 0 Å². The van der Waals surface area contributed by atoms with Crippen LogP contribution in [-0.4, -0.2) is 90.9 Å². The second kappa shape index (κ2) is 14.4. The van der Waals surface area contributed by atoms with Crippen molar-refractivity contribution in [3.05, 3.63) is 29.8 Å². The van der Waals surface area contributed by atoms with Gasteiger partial charge in [-0.3, -0.25) is 24.0 Å². The fraction of sp³-hybridized carbons (Fsp3) is 0.656. The Morgan fingerprint density at radius 1 is 1.12 bits per heavy atom. The molecule has 11 heteroatoms. The highest BCUT2D eigenvalue weighted by Crippen LogP contribution is 2.30. The molecule has 2 N–H and O–H groups in total. The molecule has 43 heavy (non-hydrogen) atoms. The zero-order valence-electron chi connectivity index (χ0n) is 25.7. The van der Waals surface area contributed by atoms with Crippen molar-refractivity contribution in [3.8, 4) is 5.75 Å². The van der Waals surface area contributed by atoms with Gasteiger partial charge in [-0.25, -0.2) is 0 Å². The number of nitrogens with one attached hydrogen (secondary N) is 2. The number of para-hydroxylation sites is 1. The molecule has 3 aliphatic heterocycles. The van der Waals surface area contributed by atoms with Crippen LogP contribution in [0.3, 0.4) is 0 Å². The number of fused-ring (bicyclic) bond motifs is 2. The Labute approximate surface area is 253 Å². The summed E-state index contributed by atoms with van der Waals surface area (Å²) in [6.45, 7) is 8.66. The van der Waals surface area contributed by atoms with Crippen molar-refractivity contribution < 1.29 is 38.2 Å². The molecule has 3 aliphatic rings. The Hall–Kier alpha value is -3.31. The van der Waals surface area contributed by atoms with Crippen LogP contribution in [-0.2, 0) is 28.7 Å². The van der Waals surface area contributed by atoms with Crippen molar-refractivity contribution in [2.45, 2.75) is 89.9 Å². The molecule has 0 aromatic heterocycles. The number of nitrogens with zero attached hydrogens (tertiary/aromatic N) is 1. The van der Waals surface area contributed by atoms with Crippen LogP contribution < -0.4 is 15.4 Å². The van der Waals surface area contributed by atoms with Crippen LogP contribution >= 0.6 is 0 Å². The van der Waals surface area contributed by atoms with Crippen LogP contribution in [0.1, 0.15) is 76.6 Å². The average molecular weight is 600 g/mol. The van der Waals surface area contributed by atoms with Gasteiger partial charge in [-0.05, 0) is 64.0 Å². The van der Waals surface area contributed by atoms with Gasteiger partial charge in [0.05, 0.1) is 43.4 Å². The van der Waals surface area contributed by atoms with Crippen LogP contribution in [0.25, 0.3) is 0 Å². The quantitative estimate of drug-likeness (QED) is 0.475. The molecule has 0 bridgehead atoms. The molecule has 5 atom stereocenters. The topological polar surface area (TPSA) is 144 Å². The number of carbonyl (C=O) groups is 5. The highest BCUT2D eigenvalue weighted by molar-refractivity contribution is 6.01. The number of benzene rings is 1. The van der Waals surface area contributed by atoms with Crippen molar-refractivity contribution in [2.75, 3.05) is 33.0 Å². The normalized spacial score (nSPS) is 28.1. The number of hydrogen-bond acceptors (Lipinski definition) is 8. The molecular weight excluding hydrogens is 554 g/mol. The van der Waals surface area contributed by atoms with Gasteiger partial charge in [-0.1, -0.05) is 26.0 Å². The Morgan fingerprint density at radius 2 is 1.84 bits per heavy atom. The number of ether oxygens (including phenoxy) is 3. The molecule has 11 nitrogen and oxygen atoms in total. The number of rotatable bonds is 6. The van der Waals surface area contributed by atoms with Gasteiger partial charge in [0.1, 0.15) is 17.4 Å². The molecule has 1 aromatic rings. The first-order chi connectivity index (χ1) is 20.5. The maximum Gasteiger partial charge on any atom is 0.255 e. The van der Waals surface area contributed by atoms with E-state index < -0.39 is 41.5 Å². The van der Waals surface area contributed by atoms with E-state index in [0.717, 1.165) is 0 Å². The molecular formula is C32H45N3O8. The standard InChI is InChI=1S/C32H45N3O8/c1-20(2)16-24(28(37)32(4)19-43-32)34-29(38)22-17-26(36)25-11-9-13-35(25)31(40)21(3)33-30(39)23-10-5-6-12-27(23)42-15-8-7-14-41-18-22/h5-6,10,12,20-22,24-25H,7-9,11,13-19H2,1-4H3,(H,33,39)(H,34,38)/t21-,22-,24-,25-,32+/m0/s1. The van der Waals surface area contributed by atoms with Gasteiger partial charge in [-0.2, -0.15) is 0 Å². The number of amides is 3. The minimum absolute atomic E-state index is 0.00471. The lowest BCUT2D eigenvalue weighted by atomic mass is 9.91. The van der Waals surface area contributed by atoms with Crippen LogP contribution in [0.4, 0.5) is 0 Å². The fourth-order valence-electron chi connectivity index (χ4n) is 5.66. The summed E-state index contributed by atoms with van der Waals surface area (Å²) in [6.07, 6.45) is 2.71. The summed E-state index contributed by atoms with van der Waals surface area (Å²) in [7, 11) is 0. The predicted molar refractivity (Wildman–Crippen MR) is 158 cm³/mol. The second-order valence-corrected chi connectivity index (χ2v) is 12.5. The van der Waals surface area contributed by atoms with Crippen molar-refractivity contribution in [3.63, 3.8) is 0 Å². The Kier molecular flexibility index (Phi) is 10.9. The third-order valence-corrected chi connectivity index (χ3v) is 8.27. The highest BCUT2D eigenvalue weighted by Gasteiger charge is 2.50. The van der Waals surface area contributed by atoms with Crippen LogP contribution in [0, 0.1) is 11.8 Å². The summed E-state index contributed by atoms with van der Waals surface area (Å²) in [5, 5.41) is 5.66. The van der Waals surface area contributed by atoms with E-state index in [9.17, 15) is 24.0 Å². The lowest BCUT2D eigenvalue weighted by Gasteiger charge is -2.29. The number of hydrogen-bond donors (Lipinski definition) is 2. The maximum absolute atomic E-state index is 13.6. The van der Waals surface area contributed by atoms with Crippen LogP contribution in [0.5, 0.6) is 5.75 Å². The molecule has 0 aliphatic carbocycles. The first-order valence-electron chi connectivity index (χ1n) is 15.4. The van der Waals surface area contributed by atoms with E-state index in [2.05, 4.69) is 10.6 Å². The van der Waals surface area contributed by atoms with E-state index in [1.165, 1.54) is 4.90 Å². The number of Topliss-reactive ketones (excluding diaryl/α,β-unsaturated/α-hetero) is 2. The zero-order chi connectivity index (χ0) is 31.1. The van der Waals surface area contributed by atoms with Gasteiger partial charge >= 0.3 is 0 Å². The summed E-state index contributed by atoms with van der Waals surface area (Å²) >= 11 is 0. The molecule has 0 saturated carbocycles. The molecule has 0 radical (unpaired) electrons. The molecule has 236 valence electrons. The molecule has 4 rings (SSSR count). The van der Waals surface area contributed by atoms with Crippen molar-refractivity contribution in [2.24, 2.45) is 11.8 Å². The molecule has 2 fully saturated rings. The van der Waals surface area contributed by atoms with Gasteiger partial charge in [-0.15, -0.1) is 0 Å². The number of ketones is 2. The number of carbonyl (C=O) groups excluding carboxylic acids is 5. The maximum atomic E-state index is 13.6. The Morgan fingerprint density at radius 3 is 2.56 bits per heavy atom. The molecule has 3 amide bonds. The van der Waals surface area contributed by atoms with E-state index >= 15 is 0 Å². The van der Waals surface area contributed by atoms with E-state index in [0.29, 0.717) is 69.8 Å². The van der Waals surface area contributed by atoms with Gasteiger partial charge < -0.3 is 29.7 Å². The summed E-state index contributed by atoms with van der Waals surface area (Å²) in [4.78, 5) is 68.4. The highest BCUT2D eigenvalue weighted by atomic mass is 16.6. The smallest absolute Gasteiger partial charge is 0.255 e. The van der Waals surface area contributed by atoms with Gasteiger partial charge in [0.2, 0.25) is 11.8 Å². The molecule has 1 aromatic carbocycles. The molecule has 3 heterocycles. The van der Waals surface area contributed by atoms with Crippen LogP contribution in [0.15, 0.2) is 24.3 Å². The lowest BCUT2D eigenvalue weighted by molar-refractivity contribution is -0.140. The molecule has 2 saturated heterocycles. The minimum atomic E-state index is -0.892. The summed E-state index contributed by atoms with van der Waals surface area (Å²) in [5.41, 5.74) is -0.560. The van der Waals surface area contributed by atoms with E-state index in [1.54, 1.807) is 38.1 Å². The molecule has 0 spiro atoms. The fourth-order valence-corrected chi connectivity index (χ4v) is 5.66. The SMILES string of the molecule is CC(C)C[C@H](NC(=O)[C@@H]1COCCCCOc2ccccc2C(=O)N[C@@H](C)C(=O)N2CCC[C@H]2C(=O)C1)C(=O)[C@@]1(C)CO1. The third kappa shape index (κ3) is 8.41. The van der Waals surface area contributed by atoms with Gasteiger partial charge in [0.25, 0.3) is 5.91 Å².